The molecule has 0 aromatic heterocycles. The van der Waals surface area contributed by atoms with E-state index in [1.807, 2.05) is 20.8 Å². The van der Waals surface area contributed by atoms with Crippen LogP contribution in [0.4, 0.5) is 0 Å². The van der Waals surface area contributed by atoms with Gasteiger partial charge >= 0.3 is 11.9 Å². The summed E-state index contributed by atoms with van der Waals surface area (Å²) in [6.07, 6.45) is 0.581. The molecule has 4 heteroatoms. The quantitative estimate of drug-likeness (QED) is 0.735. The molecule has 0 aromatic rings. The van der Waals surface area contributed by atoms with Gasteiger partial charge in [0.15, 0.2) is 0 Å². The molecule has 0 N–H and O–H groups in total. The molecule has 0 aromatic carbocycles. The summed E-state index contributed by atoms with van der Waals surface area (Å²) in [5.41, 5.74) is -0.266. The third-order valence-corrected chi connectivity index (χ3v) is 7.27. The third-order valence-electron chi connectivity index (χ3n) is 7.27. The number of hydrogen-bond acceptors (Lipinski definition) is 4. The largest absolute Gasteiger partial charge is 0.469 e. The SMILES string of the molecule is COC(=O)CC12C3C4C1C1C2C3C41C(=O)OC(C)(C)C. The maximum Gasteiger partial charge on any atom is 0.313 e. The van der Waals surface area contributed by atoms with E-state index in [9.17, 15) is 9.59 Å². The van der Waals surface area contributed by atoms with Crippen LogP contribution in [0.2, 0.25) is 0 Å². The summed E-state index contributed by atoms with van der Waals surface area (Å²) in [4.78, 5) is 24.1. The molecule has 0 aliphatic heterocycles. The highest BCUT2D eigenvalue weighted by atomic mass is 16.6. The van der Waals surface area contributed by atoms with Crippen LogP contribution in [0.1, 0.15) is 27.2 Å². The second-order valence-electron chi connectivity index (χ2n) is 8.45. The number of ether oxygens (including phenoxy) is 2. The van der Waals surface area contributed by atoms with Crippen molar-refractivity contribution in [1.82, 2.24) is 0 Å². The fourth-order valence-electron chi connectivity index (χ4n) is 7.20. The van der Waals surface area contributed by atoms with Crippen LogP contribution < -0.4 is 0 Å². The van der Waals surface area contributed by atoms with Crippen molar-refractivity contribution in [2.75, 3.05) is 7.11 Å². The smallest absolute Gasteiger partial charge is 0.313 e. The number of methoxy groups -OCH3 is 1. The van der Waals surface area contributed by atoms with Crippen LogP contribution in [0.15, 0.2) is 0 Å². The molecule has 0 heterocycles. The normalized spacial score (nSPS) is 58.0. The van der Waals surface area contributed by atoms with Gasteiger partial charge in [-0.05, 0) is 61.7 Å². The number of carbonyl (C=O) groups is 2. The summed E-state index contributed by atoms with van der Waals surface area (Å²) in [6, 6.07) is 0. The van der Waals surface area contributed by atoms with Crippen molar-refractivity contribution in [2.24, 2.45) is 46.3 Å². The average Bonchev–Trinajstić information content (AvgIpc) is 2.36. The molecule has 6 aliphatic rings. The molecule has 0 unspecified atom stereocenters. The first-order valence-electron chi connectivity index (χ1n) is 7.62. The van der Waals surface area contributed by atoms with Crippen LogP contribution in [0.3, 0.4) is 0 Å². The van der Waals surface area contributed by atoms with Gasteiger partial charge in [0, 0.05) is 0 Å². The minimum absolute atomic E-state index is 0.0418. The molecular formula is C16H20O4. The van der Waals surface area contributed by atoms with Crippen LogP contribution in [-0.2, 0) is 19.1 Å². The highest BCUT2D eigenvalue weighted by Crippen LogP contribution is 3.10. The van der Waals surface area contributed by atoms with E-state index >= 15 is 0 Å². The molecule has 0 radical (unpaired) electrons. The van der Waals surface area contributed by atoms with E-state index in [2.05, 4.69) is 0 Å². The van der Waals surface area contributed by atoms with E-state index in [-0.39, 0.29) is 22.8 Å². The van der Waals surface area contributed by atoms with Gasteiger partial charge in [0.25, 0.3) is 0 Å². The van der Waals surface area contributed by atoms with Gasteiger partial charge in [-0.25, -0.2) is 0 Å². The van der Waals surface area contributed by atoms with E-state index in [1.165, 1.54) is 7.11 Å². The molecule has 6 rings (SSSR count). The molecule has 6 saturated carbocycles. The van der Waals surface area contributed by atoms with Gasteiger partial charge in [-0.2, -0.15) is 0 Å². The Labute approximate surface area is 118 Å². The second kappa shape index (κ2) is 2.67. The summed E-state index contributed by atoms with van der Waals surface area (Å²) in [6.45, 7) is 5.81. The molecule has 6 aliphatic carbocycles. The zero-order valence-electron chi connectivity index (χ0n) is 12.3. The van der Waals surface area contributed by atoms with Gasteiger partial charge in [0.05, 0.1) is 18.9 Å². The lowest BCUT2D eigenvalue weighted by Gasteiger charge is -3.10. The molecule has 0 amide bonds. The standard InChI is InChI=1S/C16H20O4/c1-14(2,3)20-13(18)16-10-7-11(16)9-12(16)8(10)15(7,9)5-6(17)19-4/h7-12H,5H2,1-4H3. The van der Waals surface area contributed by atoms with E-state index in [4.69, 9.17) is 9.47 Å². The highest BCUT2D eigenvalue weighted by Gasteiger charge is 3.11. The van der Waals surface area contributed by atoms with Gasteiger partial charge in [-0.3, -0.25) is 9.59 Å². The zero-order chi connectivity index (χ0) is 14.2. The predicted molar refractivity (Wildman–Crippen MR) is 68.3 cm³/mol. The van der Waals surface area contributed by atoms with Gasteiger partial charge in [-0.15, -0.1) is 0 Å². The molecule has 0 bridgehead atoms. The van der Waals surface area contributed by atoms with Crippen LogP contribution in [-0.4, -0.2) is 24.6 Å². The first-order chi connectivity index (χ1) is 9.31. The van der Waals surface area contributed by atoms with Crippen LogP contribution in [0.25, 0.3) is 0 Å². The van der Waals surface area contributed by atoms with Crippen molar-refractivity contribution in [3.8, 4) is 0 Å². The maximum absolute atomic E-state index is 12.5. The Bertz CT molecular complexity index is 516. The van der Waals surface area contributed by atoms with Gasteiger partial charge in [0.2, 0.25) is 0 Å². The number of rotatable bonds is 3. The minimum atomic E-state index is -0.393. The van der Waals surface area contributed by atoms with Crippen molar-refractivity contribution in [3.05, 3.63) is 0 Å². The van der Waals surface area contributed by atoms with Crippen LogP contribution in [0.5, 0.6) is 0 Å². The van der Waals surface area contributed by atoms with Crippen LogP contribution in [0, 0.1) is 46.3 Å². The Morgan fingerprint density at radius 3 is 1.90 bits per heavy atom. The lowest BCUT2D eigenvalue weighted by molar-refractivity contribution is -0.643. The fraction of sp³-hybridized carbons (Fsp3) is 0.875. The Morgan fingerprint density at radius 2 is 1.50 bits per heavy atom. The summed E-state index contributed by atoms with van der Waals surface area (Å²) in [7, 11) is 1.46. The average molecular weight is 276 g/mol. The molecule has 0 atom stereocenters. The first-order valence-corrected chi connectivity index (χ1v) is 7.62. The fourth-order valence-corrected chi connectivity index (χ4v) is 7.20. The number of hydrogen-bond donors (Lipinski definition) is 0. The van der Waals surface area contributed by atoms with E-state index < -0.39 is 5.60 Å². The summed E-state index contributed by atoms with van der Waals surface area (Å²) in [5.74, 6) is 3.41. The van der Waals surface area contributed by atoms with Crippen molar-refractivity contribution < 1.29 is 19.1 Å². The molecule has 6 fully saturated rings. The van der Waals surface area contributed by atoms with E-state index in [1.54, 1.807) is 0 Å². The van der Waals surface area contributed by atoms with Gasteiger partial charge < -0.3 is 9.47 Å². The monoisotopic (exact) mass is 276 g/mol. The Morgan fingerprint density at radius 1 is 1.00 bits per heavy atom. The number of esters is 2. The third kappa shape index (κ3) is 0.727. The van der Waals surface area contributed by atoms with E-state index in [0.717, 1.165) is 0 Å². The Kier molecular flexibility index (Phi) is 1.54. The second-order valence-corrected chi connectivity index (χ2v) is 8.45. The number of carbonyl (C=O) groups excluding carboxylic acids is 2. The molecule has 20 heavy (non-hydrogen) atoms. The van der Waals surface area contributed by atoms with Crippen molar-refractivity contribution in [3.63, 3.8) is 0 Å². The predicted octanol–water partition coefficient (Wildman–Crippen LogP) is 1.63. The molecule has 108 valence electrons. The molecular weight excluding hydrogens is 256 g/mol. The maximum atomic E-state index is 12.5. The zero-order valence-corrected chi connectivity index (χ0v) is 12.3. The van der Waals surface area contributed by atoms with Crippen molar-refractivity contribution >= 4 is 11.9 Å². The molecule has 4 nitrogen and oxygen atoms in total. The summed E-state index contributed by atoms with van der Waals surface area (Å²) in [5, 5.41) is 0. The Hall–Kier alpha value is -1.06. The topological polar surface area (TPSA) is 52.6 Å². The van der Waals surface area contributed by atoms with Gasteiger partial charge in [0.1, 0.15) is 5.60 Å². The lowest BCUT2D eigenvalue weighted by Crippen LogP contribution is -3.11. The van der Waals surface area contributed by atoms with Crippen molar-refractivity contribution in [1.29, 1.82) is 0 Å². The molecule has 0 saturated heterocycles. The first kappa shape index (κ1) is 11.6. The van der Waals surface area contributed by atoms with Crippen LogP contribution >= 0.6 is 0 Å². The van der Waals surface area contributed by atoms with Gasteiger partial charge in [-0.1, -0.05) is 0 Å². The lowest BCUT2D eigenvalue weighted by atomic mass is 8.92. The minimum Gasteiger partial charge on any atom is -0.469 e. The van der Waals surface area contributed by atoms with E-state index in [0.29, 0.717) is 41.9 Å². The highest BCUT2D eigenvalue weighted by molar-refractivity contribution is 5.89. The summed E-state index contributed by atoms with van der Waals surface area (Å²) < 4.78 is 10.5. The molecule has 0 spiro atoms. The van der Waals surface area contributed by atoms with Crippen molar-refractivity contribution in [2.45, 2.75) is 32.8 Å². The summed E-state index contributed by atoms with van der Waals surface area (Å²) >= 11 is 0. The Balaban J connectivity index is 1.36.